The highest BCUT2D eigenvalue weighted by atomic mass is 35.5. The number of hydrogen-bond donors (Lipinski definition) is 2. The Bertz CT molecular complexity index is 1060. The summed E-state index contributed by atoms with van der Waals surface area (Å²) in [6.07, 6.45) is 3.21. The number of anilines is 1. The number of nitrogens with one attached hydrogen (secondary N) is 2. The van der Waals surface area contributed by atoms with Gasteiger partial charge in [0.25, 0.3) is 5.91 Å². The number of aromatic nitrogens is 3. The molecule has 0 spiro atoms. The van der Waals surface area contributed by atoms with Gasteiger partial charge in [0.05, 0.1) is 6.20 Å². The van der Waals surface area contributed by atoms with Crippen molar-refractivity contribution in [2.75, 3.05) is 4.90 Å². The largest absolute Gasteiger partial charge is 0.443 e. The van der Waals surface area contributed by atoms with Crippen LogP contribution in [0.2, 0.25) is 5.15 Å². The van der Waals surface area contributed by atoms with E-state index in [9.17, 15) is 14.4 Å². The molecule has 4 rings (SSSR count). The predicted molar refractivity (Wildman–Crippen MR) is 103 cm³/mol. The number of fused-ring (bicyclic) bond motifs is 1. The van der Waals surface area contributed by atoms with E-state index in [1.165, 1.54) is 15.5 Å². The monoisotopic (exact) mass is 418 g/mol. The summed E-state index contributed by atoms with van der Waals surface area (Å²) in [5.41, 5.74) is -0.0555. The zero-order chi connectivity index (χ0) is 20.9. The van der Waals surface area contributed by atoms with Gasteiger partial charge in [-0.15, -0.1) is 0 Å². The van der Waals surface area contributed by atoms with Crippen molar-refractivity contribution >= 4 is 41.1 Å². The molecule has 1 saturated carbocycles. The van der Waals surface area contributed by atoms with E-state index in [-0.39, 0.29) is 22.8 Å². The molecule has 2 aromatic heterocycles. The molecule has 1 aliphatic carbocycles. The average molecular weight is 419 g/mol. The molecular weight excluding hydrogens is 400 g/mol. The number of imide groups is 1. The van der Waals surface area contributed by atoms with Crippen molar-refractivity contribution in [2.45, 2.75) is 38.8 Å². The van der Waals surface area contributed by atoms with Crippen molar-refractivity contribution in [1.29, 1.82) is 0 Å². The quantitative estimate of drug-likeness (QED) is 0.448. The van der Waals surface area contributed by atoms with E-state index in [0.29, 0.717) is 17.9 Å². The molecule has 4 amide bonds. The van der Waals surface area contributed by atoms with Crippen molar-refractivity contribution < 1.29 is 19.1 Å². The number of nitrogens with zero attached hydrogens (tertiary/aromatic N) is 4. The second kappa shape index (κ2) is 6.73. The van der Waals surface area contributed by atoms with Crippen LogP contribution < -0.4 is 15.5 Å². The highest BCUT2D eigenvalue weighted by molar-refractivity contribution is 6.29. The van der Waals surface area contributed by atoms with E-state index in [0.717, 1.165) is 0 Å². The number of halogens is 1. The highest BCUT2D eigenvalue weighted by Crippen LogP contribution is 2.41. The first-order valence-electron chi connectivity index (χ1n) is 8.99. The van der Waals surface area contributed by atoms with E-state index in [1.807, 2.05) is 0 Å². The normalized spacial score (nSPS) is 22.6. The molecule has 3 heterocycles. The first-order valence-corrected chi connectivity index (χ1v) is 9.37. The Morgan fingerprint density at radius 1 is 1.38 bits per heavy atom. The summed E-state index contributed by atoms with van der Waals surface area (Å²) in [6, 6.07) is 2.35. The molecule has 10 nitrogen and oxygen atoms in total. The fraction of sp³-hybridized carbons (Fsp3) is 0.389. The summed E-state index contributed by atoms with van der Waals surface area (Å²) in [5.74, 6) is -0.241. The Morgan fingerprint density at radius 3 is 2.79 bits per heavy atom. The summed E-state index contributed by atoms with van der Waals surface area (Å²) in [6.45, 7) is 5.32. The van der Waals surface area contributed by atoms with Crippen LogP contribution in [0, 0.1) is 5.92 Å². The molecule has 11 heteroatoms. The average Bonchev–Trinajstić information content (AvgIpc) is 3.01. The zero-order valence-corrected chi connectivity index (χ0v) is 16.7. The molecular formula is C18H19ClN6O4. The minimum Gasteiger partial charge on any atom is -0.443 e. The number of carbonyl (C=O) groups excluding carboxylic acids is 3. The van der Waals surface area contributed by atoms with Gasteiger partial charge in [0.2, 0.25) is 0 Å². The van der Waals surface area contributed by atoms with Crippen molar-refractivity contribution in [3.63, 3.8) is 0 Å². The van der Waals surface area contributed by atoms with Crippen molar-refractivity contribution in [3.8, 4) is 0 Å². The third kappa shape index (κ3) is 3.88. The van der Waals surface area contributed by atoms with Crippen molar-refractivity contribution in [1.82, 2.24) is 25.2 Å². The molecule has 29 heavy (non-hydrogen) atoms. The first kappa shape index (κ1) is 19.2. The molecule has 152 valence electrons. The lowest BCUT2D eigenvalue weighted by molar-refractivity contribution is -0.115. The van der Waals surface area contributed by atoms with Gasteiger partial charge in [-0.1, -0.05) is 11.6 Å². The highest BCUT2D eigenvalue weighted by Gasteiger charge is 2.47. The Balaban J connectivity index is 1.70. The van der Waals surface area contributed by atoms with E-state index in [1.54, 1.807) is 39.1 Å². The van der Waals surface area contributed by atoms with E-state index < -0.39 is 23.6 Å². The summed E-state index contributed by atoms with van der Waals surface area (Å²) in [5, 5.41) is 9.05. The second-order valence-electron chi connectivity index (χ2n) is 7.84. The molecule has 2 atom stereocenters. The first-order chi connectivity index (χ1) is 13.6. The summed E-state index contributed by atoms with van der Waals surface area (Å²) >= 11 is 6.15. The van der Waals surface area contributed by atoms with E-state index in [2.05, 4.69) is 20.7 Å². The van der Waals surface area contributed by atoms with Crippen LogP contribution in [0.4, 0.5) is 15.4 Å². The van der Waals surface area contributed by atoms with Crippen LogP contribution in [0.3, 0.4) is 0 Å². The van der Waals surface area contributed by atoms with Gasteiger partial charge < -0.3 is 10.1 Å². The summed E-state index contributed by atoms with van der Waals surface area (Å²) in [4.78, 5) is 41.8. The lowest BCUT2D eigenvalue weighted by Crippen LogP contribution is -2.40. The van der Waals surface area contributed by atoms with Crippen LogP contribution in [0.5, 0.6) is 0 Å². The van der Waals surface area contributed by atoms with E-state index >= 15 is 0 Å². The van der Waals surface area contributed by atoms with Gasteiger partial charge in [-0.25, -0.2) is 14.6 Å². The van der Waals surface area contributed by atoms with E-state index in [4.69, 9.17) is 16.3 Å². The van der Waals surface area contributed by atoms with Crippen molar-refractivity contribution in [3.05, 3.63) is 35.3 Å². The molecule has 1 saturated heterocycles. The van der Waals surface area contributed by atoms with Crippen LogP contribution >= 0.6 is 11.6 Å². The van der Waals surface area contributed by atoms with Gasteiger partial charge in [0.1, 0.15) is 22.3 Å². The number of amides is 4. The fourth-order valence-corrected chi connectivity index (χ4v) is 3.32. The maximum Gasteiger partial charge on any atom is 0.416 e. The lowest BCUT2D eigenvalue weighted by atomic mass is 10.2. The molecule has 0 aromatic carbocycles. The number of carbonyl (C=O) groups is 3. The Hall–Kier alpha value is -3.14. The molecule has 0 radical (unpaired) electrons. The third-order valence-corrected chi connectivity index (χ3v) is 4.58. The molecule has 2 fully saturated rings. The molecule has 2 N–H and O–H groups in total. The van der Waals surface area contributed by atoms with Gasteiger partial charge in [0.15, 0.2) is 5.65 Å². The Morgan fingerprint density at radius 2 is 2.14 bits per heavy atom. The topological polar surface area (TPSA) is 118 Å². The van der Waals surface area contributed by atoms with Gasteiger partial charge in [-0.05, 0) is 33.3 Å². The SMILES string of the molecule is CC(C)(C)OC(=O)N(c1cc(Cl)nc2ccnn12)C1CC1/C=C1\NC(=O)NC1=O. The van der Waals surface area contributed by atoms with Gasteiger partial charge in [-0.3, -0.25) is 15.0 Å². The van der Waals surface area contributed by atoms with Gasteiger partial charge in [-0.2, -0.15) is 9.61 Å². The third-order valence-electron chi connectivity index (χ3n) is 4.38. The summed E-state index contributed by atoms with van der Waals surface area (Å²) < 4.78 is 7.09. The smallest absolute Gasteiger partial charge is 0.416 e. The zero-order valence-electron chi connectivity index (χ0n) is 16.0. The van der Waals surface area contributed by atoms with Gasteiger partial charge >= 0.3 is 12.1 Å². The maximum atomic E-state index is 13.0. The number of ether oxygens (including phenoxy) is 1. The Labute approximate surface area is 170 Å². The van der Waals surface area contributed by atoms with Crippen LogP contribution in [0.1, 0.15) is 27.2 Å². The molecule has 1 aliphatic heterocycles. The fourth-order valence-electron chi connectivity index (χ4n) is 3.14. The van der Waals surface area contributed by atoms with Crippen LogP contribution in [-0.4, -0.2) is 44.3 Å². The predicted octanol–water partition coefficient (Wildman–Crippen LogP) is 2.24. The number of hydrogen-bond acceptors (Lipinski definition) is 6. The van der Waals surface area contributed by atoms with Crippen molar-refractivity contribution in [2.24, 2.45) is 5.92 Å². The number of urea groups is 1. The minimum atomic E-state index is -0.711. The van der Waals surface area contributed by atoms with Crippen LogP contribution in [-0.2, 0) is 9.53 Å². The molecule has 2 aliphatic rings. The lowest BCUT2D eigenvalue weighted by Gasteiger charge is -2.28. The summed E-state index contributed by atoms with van der Waals surface area (Å²) in [7, 11) is 0. The standard InChI is InChI=1S/C18H19ClN6O4/c1-18(2,3)29-17(28)24(14-8-12(19)22-13-4-5-20-25(13)14)11-7-9(11)6-10-15(26)23-16(27)21-10/h4-6,8-9,11H,7H2,1-3H3,(H2,21,23,26,27)/b10-6-. The minimum absolute atomic E-state index is 0.153. The van der Waals surface area contributed by atoms with Crippen LogP contribution in [0.15, 0.2) is 30.1 Å². The molecule has 0 bridgehead atoms. The number of rotatable bonds is 3. The molecule has 2 unspecified atom stereocenters. The maximum absolute atomic E-state index is 13.0. The molecule has 2 aromatic rings. The Kier molecular flexibility index (Phi) is 4.45. The van der Waals surface area contributed by atoms with Crippen LogP contribution in [0.25, 0.3) is 5.65 Å². The second-order valence-corrected chi connectivity index (χ2v) is 8.23. The van der Waals surface area contributed by atoms with Gasteiger partial charge in [0, 0.05) is 24.1 Å².